The second-order valence-electron chi connectivity index (χ2n) is 5.23. The van der Waals surface area contributed by atoms with Crippen LogP contribution in [-0.2, 0) is 0 Å². The van der Waals surface area contributed by atoms with Gasteiger partial charge in [-0.05, 0) is 73.6 Å². The highest BCUT2D eigenvalue weighted by Gasteiger charge is 2.04. The van der Waals surface area contributed by atoms with E-state index in [-0.39, 0.29) is 0 Å². The topological polar surface area (TPSA) is 30.0 Å². The molecule has 0 radical (unpaired) electrons. The minimum Gasteiger partial charge on any atom is -0.396 e. The first-order valence-corrected chi connectivity index (χ1v) is 6.69. The van der Waals surface area contributed by atoms with Gasteiger partial charge >= 0.3 is 0 Å². The van der Waals surface area contributed by atoms with E-state index in [4.69, 9.17) is 5.11 Å². The summed E-state index contributed by atoms with van der Waals surface area (Å²) in [5, 5.41) is 8.90. The third kappa shape index (κ3) is 12.1. The molecule has 0 saturated carbocycles. The molecule has 0 unspecified atom stereocenters. The van der Waals surface area contributed by atoms with E-state index in [1.54, 1.807) is 0 Å². The lowest BCUT2D eigenvalue weighted by atomic mass is 10.3. The quantitative estimate of drug-likeness (QED) is 0.576. The van der Waals surface area contributed by atoms with Crippen LogP contribution in [0.2, 0.25) is 0 Å². The SMILES string of the molecule is CN(C)CCCN(CCCO)CCCN(C)C. The summed E-state index contributed by atoms with van der Waals surface area (Å²) < 4.78 is 0. The molecule has 0 aliphatic heterocycles. The molecule has 1 N–H and O–H groups in total. The first-order chi connectivity index (χ1) is 8.06. The molecule has 104 valence electrons. The van der Waals surface area contributed by atoms with Crippen molar-refractivity contribution in [1.82, 2.24) is 14.7 Å². The summed E-state index contributed by atoms with van der Waals surface area (Å²) in [5.41, 5.74) is 0. The molecule has 0 fully saturated rings. The van der Waals surface area contributed by atoms with Crippen molar-refractivity contribution in [2.75, 3.05) is 67.5 Å². The molecular formula is C13H31N3O. The van der Waals surface area contributed by atoms with E-state index in [2.05, 4.69) is 42.9 Å². The molecule has 0 aliphatic rings. The molecule has 4 heteroatoms. The minimum atomic E-state index is 0.303. The van der Waals surface area contributed by atoms with Gasteiger partial charge in [-0.25, -0.2) is 0 Å². The first-order valence-electron chi connectivity index (χ1n) is 6.69. The van der Waals surface area contributed by atoms with E-state index in [1.807, 2.05) is 0 Å². The van der Waals surface area contributed by atoms with E-state index in [1.165, 1.54) is 12.8 Å². The van der Waals surface area contributed by atoms with E-state index in [9.17, 15) is 0 Å². The fourth-order valence-electron chi connectivity index (χ4n) is 1.85. The zero-order chi connectivity index (χ0) is 13.1. The minimum absolute atomic E-state index is 0.303. The summed E-state index contributed by atoms with van der Waals surface area (Å²) >= 11 is 0. The third-order valence-corrected chi connectivity index (χ3v) is 2.79. The van der Waals surface area contributed by atoms with Crippen LogP contribution in [-0.4, -0.2) is 87.3 Å². The molecule has 0 spiro atoms. The average molecular weight is 245 g/mol. The van der Waals surface area contributed by atoms with Crippen LogP contribution >= 0.6 is 0 Å². The molecule has 0 rings (SSSR count). The van der Waals surface area contributed by atoms with Gasteiger partial charge in [-0.3, -0.25) is 0 Å². The van der Waals surface area contributed by atoms with Gasteiger partial charge in [0.05, 0.1) is 0 Å². The highest BCUT2D eigenvalue weighted by atomic mass is 16.3. The Hall–Kier alpha value is -0.160. The summed E-state index contributed by atoms with van der Waals surface area (Å²) in [6, 6.07) is 0. The second-order valence-corrected chi connectivity index (χ2v) is 5.23. The van der Waals surface area contributed by atoms with Crippen LogP contribution in [0.15, 0.2) is 0 Å². The lowest BCUT2D eigenvalue weighted by Gasteiger charge is -2.23. The fraction of sp³-hybridized carbons (Fsp3) is 1.00. The largest absolute Gasteiger partial charge is 0.396 e. The molecule has 0 aliphatic carbocycles. The maximum Gasteiger partial charge on any atom is 0.0443 e. The summed E-state index contributed by atoms with van der Waals surface area (Å²) in [4.78, 5) is 6.93. The van der Waals surface area contributed by atoms with Crippen LogP contribution in [0.1, 0.15) is 19.3 Å². The Bertz CT molecular complexity index is 149. The van der Waals surface area contributed by atoms with Gasteiger partial charge in [-0.15, -0.1) is 0 Å². The molecular weight excluding hydrogens is 214 g/mol. The third-order valence-electron chi connectivity index (χ3n) is 2.79. The van der Waals surface area contributed by atoms with Crippen LogP contribution in [0.5, 0.6) is 0 Å². The van der Waals surface area contributed by atoms with Crippen LogP contribution in [0.25, 0.3) is 0 Å². The van der Waals surface area contributed by atoms with Crippen molar-refractivity contribution in [3.63, 3.8) is 0 Å². The zero-order valence-electron chi connectivity index (χ0n) is 12.2. The Labute approximate surface area is 107 Å². The van der Waals surface area contributed by atoms with Gasteiger partial charge in [0.2, 0.25) is 0 Å². The van der Waals surface area contributed by atoms with Gasteiger partial charge in [-0.2, -0.15) is 0 Å². The van der Waals surface area contributed by atoms with Crippen molar-refractivity contribution in [1.29, 1.82) is 0 Å². The number of hydrogen-bond acceptors (Lipinski definition) is 4. The summed E-state index contributed by atoms with van der Waals surface area (Å²) in [6.45, 7) is 5.90. The molecule has 0 aromatic heterocycles. The molecule has 0 aromatic rings. The van der Waals surface area contributed by atoms with Crippen LogP contribution in [0.4, 0.5) is 0 Å². The summed E-state index contributed by atoms with van der Waals surface area (Å²) in [5.74, 6) is 0. The monoisotopic (exact) mass is 245 g/mol. The van der Waals surface area contributed by atoms with Gasteiger partial charge in [0.25, 0.3) is 0 Å². The standard InChI is InChI=1S/C13H31N3O/c1-14(2)8-5-10-16(12-7-13-17)11-6-9-15(3)4/h17H,5-13H2,1-4H3. The van der Waals surface area contributed by atoms with E-state index in [0.717, 1.165) is 39.1 Å². The number of nitrogens with zero attached hydrogens (tertiary/aromatic N) is 3. The Balaban J connectivity index is 3.71. The smallest absolute Gasteiger partial charge is 0.0443 e. The molecule has 0 heterocycles. The zero-order valence-corrected chi connectivity index (χ0v) is 12.2. The van der Waals surface area contributed by atoms with Crippen molar-refractivity contribution in [2.24, 2.45) is 0 Å². The van der Waals surface area contributed by atoms with Gasteiger partial charge in [0.15, 0.2) is 0 Å². The van der Waals surface area contributed by atoms with Crippen molar-refractivity contribution in [3.8, 4) is 0 Å². The lowest BCUT2D eigenvalue weighted by Crippen LogP contribution is -2.31. The van der Waals surface area contributed by atoms with Crippen molar-refractivity contribution < 1.29 is 5.11 Å². The van der Waals surface area contributed by atoms with Gasteiger partial charge in [-0.1, -0.05) is 0 Å². The Morgan fingerprint density at radius 1 is 0.647 bits per heavy atom. The fourth-order valence-corrected chi connectivity index (χ4v) is 1.85. The van der Waals surface area contributed by atoms with Crippen LogP contribution in [0, 0.1) is 0 Å². The average Bonchev–Trinajstić information content (AvgIpc) is 2.24. The number of rotatable bonds is 11. The van der Waals surface area contributed by atoms with E-state index >= 15 is 0 Å². The predicted molar refractivity (Wildman–Crippen MR) is 74.5 cm³/mol. The highest BCUT2D eigenvalue weighted by molar-refractivity contribution is 4.60. The molecule has 0 saturated heterocycles. The Kier molecular flexibility index (Phi) is 10.9. The Morgan fingerprint density at radius 2 is 1.06 bits per heavy atom. The van der Waals surface area contributed by atoms with Crippen molar-refractivity contribution in [3.05, 3.63) is 0 Å². The van der Waals surface area contributed by atoms with E-state index < -0.39 is 0 Å². The van der Waals surface area contributed by atoms with Crippen LogP contribution < -0.4 is 0 Å². The van der Waals surface area contributed by atoms with Gasteiger partial charge in [0, 0.05) is 13.2 Å². The summed E-state index contributed by atoms with van der Waals surface area (Å²) in [6.07, 6.45) is 3.31. The Morgan fingerprint density at radius 3 is 1.41 bits per heavy atom. The molecule has 4 nitrogen and oxygen atoms in total. The molecule has 0 bridgehead atoms. The summed E-state index contributed by atoms with van der Waals surface area (Å²) in [7, 11) is 8.46. The normalized spacial score (nSPS) is 12.0. The maximum atomic E-state index is 8.90. The van der Waals surface area contributed by atoms with E-state index in [0.29, 0.717) is 6.61 Å². The number of aliphatic hydroxyl groups is 1. The van der Waals surface area contributed by atoms with Gasteiger partial charge in [0.1, 0.15) is 0 Å². The van der Waals surface area contributed by atoms with Crippen molar-refractivity contribution in [2.45, 2.75) is 19.3 Å². The first kappa shape index (κ1) is 16.8. The molecule has 17 heavy (non-hydrogen) atoms. The molecule has 0 amide bonds. The molecule has 0 atom stereocenters. The predicted octanol–water partition coefficient (Wildman–Crippen LogP) is 0.574. The lowest BCUT2D eigenvalue weighted by molar-refractivity contribution is 0.209. The second kappa shape index (κ2) is 11.0. The number of aliphatic hydroxyl groups excluding tert-OH is 1. The van der Waals surface area contributed by atoms with Crippen molar-refractivity contribution >= 4 is 0 Å². The maximum absolute atomic E-state index is 8.90. The number of hydrogen-bond donors (Lipinski definition) is 1. The van der Waals surface area contributed by atoms with Crippen LogP contribution in [0.3, 0.4) is 0 Å². The highest BCUT2D eigenvalue weighted by Crippen LogP contribution is 1.98. The van der Waals surface area contributed by atoms with Gasteiger partial charge < -0.3 is 19.8 Å². The molecule has 0 aromatic carbocycles.